The summed E-state index contributed by atoms with van der Waals surface area (Å²) in [6.07, 6.45) is 8.34. The van der Waals surface area contributed by atoms with Crippen molar-refractivity contribution in [2.75, 3.05) is 20.1 Å². The Bertz CT molecular complexity index is 490. The van der Waals surface area contributed by atoms with Gasteiger partial charge < -0.3 is 10.2 Å². The molecule has 1 aliphatic carbocycles. The van der Waals surface area contributed by atoms with Gasteiger partial charge in [0.05, 0.1) is 0 Å². The Morgan fingerprint density at radius 3 is 2.45 bits per heavy atom. The molecule has 0 radical (unpaired) electrons. The molecule has 122 valence electrons. The molecule has 1 saturated heterocycles. The molecule has 3 rings (SSSR count). The fraction of sp³-hybridized carbons (Fsp3) is 0.700. The summed E-state index contributed by atoms with van der Waals surface area (Å²) in [6.45, 7) is 6.85. The Morgan fingerprint density at radius 2 is 1.73 bits per heavy atom. The highest BCUT2D eigenvalue weighted by Gasteiger charge is 2.28. The molecule has 1 aromatic rings. The number of likely N-dealkylation sites (tertiary alicyclic amines) is 1. The van der Waals surface area contributed by atoms with Gasteiger partial charge in [0.15, 0.2) is 0 Å². The van der Waals surface area contributed by atoms with Crippen molar-refractivity contribution in [1.29, 1.82) is 0 Å². The average Bonchev–Trinajstić information content (AvgIpc) is 2.50. The molecular weight excluding hydrogens is 268 g/mol. The van der Waals surface area contributed by atoms with Gasteiger partial charge in [0.25, 0.3) is 0 Å². The van der Waals surface area contributed by atoms with Crippen LogP contribution in [0.3, 0.4) is 0 Å². The van der Waals surface area contributed by atoms with Crippen molar-refractivity contribution in [3.05, 3.63) is 34.9 Å². The van der Waals surface area contributed by atoms with E-state index in [4.69, 9.17) is 0 Å². The minimum absolute atomic E-state index is 0.661. The van der Waals surface area contributed by atoms with Crippen LogP contribution in [0.1, 0.15) is 61.1 Å². The molecule has 2 fully saturated rings. The number of hydrogen-bond donors (Lipinski definition) is 1. The topological polar surface area (TPSA) is 15.3 Å². The first kappa shape index (κ1) is 16.0. The second kappa shape index (κ2) is 7.14. The predicted molar refractivity (Wildman–Crippen MR) is 94.6 cm³/mol. The van der Waals surface area contributed by atoms with E-state index in [0.717, 1.165) is 6.04 Å². The summed E-state index contributed by atoms with van der Waals surface area (Å²) >= 11 is 0. The van der Waals surface area contributed by atoms with Gasteiger partial charge in [-0.05, 0) is 62.8 Å². The fourth-order valence-corrected chi connectivity index (χ4v) is 4.30. The molecule has 2 heteroatoms. The summed E-state index contributed by atoms with van der Waals surface area (Å²) in [4.78, 5) is 2.52. The SMILES string of the molecule is Cc1ccc(C2CC(NC3CCCCC3)CN(C)C2)cc1C. The monoisotopic (exact) mass is 300 g/mol. The van der Waals surface area contributed by atoms with E-state index in [2.05, 4.69) is 49.3 Å². The molecule has 2 unspecified atom stereocenters. The smallest absolute Gasteiger partial charge is 0.0203 e. The minimum Gasteiger partial charge on any atom is -0.310 e. The normalized spacial score (nSPS) is 28.0. The van der Waals surface area contributed by atoms with Crippen molar-refractivity contribution in [1.82, 2.24) is 10.2 Å². The minimum atomic E-state index is 0.661. The highest BCUT2D eigenvalue weighted by atomic mass is 15.1. The van der Waals surface area contributed by atoms with Crippen LogP contribution in [0.2, 0.25) is 0 Å². The Hall–Kier alpha value is -0.860. The van der Waals surface area contributed by atoms with Crippen LogP contribution in [0.15, 0.2) is 18.2 Å². The Labute approximate surface area is 136 Å². The zero-order chi connectivity index (χ0) is 15.5. The molecule has 1 heterocycles. The van der Waals surface area contributed by atoms with Gasteiger partial charge in [0.1, 0.15) is 0 Å². The standard InChI is InChI=1S/C20H32N2/c1-15-9-10-17(11-16(15)2)18-12-20(14-22(3)13-18)21-19-7-5-4-6-8-19/h9-11,18-21H,4-8,12-14H2,1-3H3. The van der Waals surface area contributed by atoms with Gasteiger partial charge in [0.2, 0.25) is 0 Å². The maximum atomic E-state index is 3.97. The number of nitrogens with one attached hydrogen (secondary N) is 1. The lowest BCUT2D eigenvalue weighted by Gasteiger charge is -2.39. The van der Waals surface area contributed by atoms with Gasteiger partial charge in [-0.1, -0.05) is 37.5 Å². The Morgan fingerprint density at radius 1 is 0.955 bits per heavy atom. The second-order valence-corrected chi connectivity index (χ2v) is 7.70. The van der Waals surface area contributed by atoms with Crippen LogP contribution in [0.4, 0.5) is 0 Å². The number of rotatable bonds is 3. The predicted octanol–water partition coefficient (Wildman–Crippen LogP) is 4.01. The van der Waals surface area contributed by atoms with E-state index in [1.165, 1.54) is 68.3 Å². The molecule has 2 nitrogen and oxygen atoms in total. The zero-order valence-electron chi connectivity index (χ0n) is 14.6. The van der Waals surface area contributed by atoms with Crippen molar-refractivity contribution in [2.24, 2.45) is 0 Å². The van der Waals surface area contributed by atoms with E-state index >= 15 is 0 Å². The summed E-state index contributed by atoms with van der Waals surface area (Å²) in [7, 11) is 2.28. The highest BCUT2D eigenvalue weighted by Crippen LogP contribution is 2.29. The van der Waals surface area contributed by atoms with Crippen LogP contribution in [-0.2, 0) is 0 Å². The number of piperidine rings is 1. The lowest BCUT2D eigenvalue weighted by atomic mass is 9.86. The second-order valence-electron chi connectivity index (χ2n) is 7.70. The van der Waals surface area contributed by atoms with E-state index in [1.807, 2.05) is 0 Å². The first-order valence-electron chi connectivity index (χ1n) is 9.13. The van der Waals surface area contributed by atoms with E-state index in [1.54, 1.807) is 0 Å². The van der Waals surface area contributed by atoms with E-state index < -0.39 is 0 Å². The molecular formula is C20H32N2. The van der Waals surface area contributed by atoms with Crippen LogP contribution in [0, 0.1) is 13.8 Å². The Balaban J connectivity index is 1.65. The van der Waals surface area contributed by atoms with Crippen molar-refractivity contribution in [3.63, 3.8) is 0 Å². The average molecular weight is 300 g/mol. The quantitative estimate of drug-likeness (QED) is 0.907. The number of aryl methyl sites for hydroxylation is 2. The van der Waals surface area contributed by atoms with Crippen LogP contribution < -0.4 is 5.32 Å². The largest absolute Gasteiger partial charge is 0.310 e. The van der Waals surface area contributed by atoms with Crippen molar-refractivity contribution >= 4 is 0 Å². The van der Waals surface area contributed by atoms with Crippen LogP contribution in [0.5, 0.6) is 0 Å². The van der Waals surface area contributed by atoms with Crippen LogP contribution >= 0.6 is 0 Å². The van der Waals surface area contributed by atoms with Gasteiger partial charge in [-0.15, -0.1) is 0 Å². The van der Waals surface area contributed by atoms with Crippen molar-refractivity contribution in [2.45, 2.75) is 70.4 Å². The number of benzene rings is 1. The first-order valence-corrected chi connectivity index (χ1v) is 9.13. The third-order valence-electron chi connectivity index (χ3n) is 5.71. The summed E-state index contributed by atoms with van der Waals surface area (Å²) < 4.78 is 0. The lowest BCUT2D eigenvalue weighted by Crippen LogP contribution is -2.50. The van der Waals surface area contributed by atoms with E-state index in [9.17, 15) is 0 Å². The third kappa shape index (κ3) is 3.91. The first-order chi connectivity index (χ1) is 10.6. The molecule has 22 heavy (non-hydrogen) atoms. The zero-order valence-corrected chi connectivity index (χ0v) is 14.6. The molecule has 2 atom stereocenters. The highest BCUT2D eigenvalue weighted by molar-refractivity contribution is 5.32. The molecule has 1 aliphatic heterocycles. The third-order valence-corrected chi connectivity index (χ3v) is 5.71. The summed E-state index contributed by atoms with van der Waals surface area (Å²) in [5, 5.41) is 3.97. The van der Waals surface area contributed by atoms with E-state index in [-0.39, 0.29) is 0 Å². The lowest BCUT2D eigenvalue weighted by molar-refractivity contribution is 0.186. The van der Waals surface area contributed by atoms with E-state index in [0.29, 0.717) is 12.0 Å². The molecule has 1 saturated carbocycles. The summed E-state index contributed by atoms with van der Waals surface area (Å²) in [6, 6.07) is 8.49. The molecule has 2 aliphatic rings. The van der Waals surface area contributed by atoms with Crippen molar-refractivity contribution < 1.29 is 0 Å². The van der Waals surface area contributed by atoms with Gasteiger partial charge in [-0.2, -0.15) is 0 Å². The molecule has 0 bridgehead atoms. The van der Waals surface area contributed by atoms with Gasteiger partial charge >= 0.3 is 0 Å². The summed E-state index contributed by atoms with van der Waals surface area (Å²) in [5.74, 6) is 0.680. The summed E-state index contributed by atoms with van der Waals surface area (Å²) in [5.41, 5.74) is 4.37. The maximum Gasteiger partial charge on any atom is 0.0203 e. The number of nitrogens with zero attached hydrogens (tertiary/aromatic N) is 1. The number of likely N-dealkylation sites (N-methyl/N-ethyl adjacent to an activating group) is 1. The van der Waals surface area contributed by atoms with Gasteiger partial charge in [-0.3, -0.25) is 0 Å². The van der Waals surface area contributed by atoms with Gasteiger partial charge in [-0.25, -0.2) is 0 Å². The molecule has 1 aromatic carbocycles. The molecule has 0 amide bonds. The fourth-order valence-electron chi connectivity index (χ4n) is 4.30. The molecule has 1 N–H and O–H groups in total. The van der Waals surface area contributed by atoms with Crippen LogP contribution in [0.25, 0.3) is 0 Å². The maximum absolute atomic E-state index is 3.97. The molecule has 0 aromatic heterocycles. The Kier molecular flexibility index (Phi) is 5.20. The van der Waals surface area contributed by atoms with Crippen LogP contribution in [-0.4, -0.2) is 37.1 Å². The van der Waals surface area contributed by atoms with Crippen molar-refractivity contribution in [3.8, 4) is 0 Å². The molecule has 0 spiro atoms. The van der Waals surface area contributed by atoms with Gasteiger partial charge in [0, 0.05) is 25.2 Å². The number of hydrogen-bond acceptors (Lipinski definition) is 2.